The zero-order valence-electron chi connectivity index (χ0n) is 11.8. The molecule has 1 N–H and O–H groups in total. The van der Waals surface area contributed by atoms with E-state index in [1.165, 1.54) is 49.2 Å². The summed E-state index contributed by atoms with van der Waals surface area (Å²) in [6, 6.07) is 0. The summed E-state index contributed by atoms with van der Waals surface area (Å²) in [5, 5.41) is 5.15. The molecule has 2 aliphatic carbocycles. The van der Waals surface area contributed by atoms with Crippen LogP contribution < -0.4 is 5.32 Å². The second-order valence-corrected chi connectivity index (χ2v) is 7.44. The van der Waals surface area contributed by atoms with Crippen molar-refractivity contribution in [2.75, 3.05) is 6.54 Å². The Morgan fingerprint density at radius 3 is 2.78 bits per heavy atom. The van der Waals surface area contributed by atoms with Crippen molar-refractivity contribution < 1.29 is 0 Å². The molecule has 1 fully saturated rings. The number of aromatic nitrogens is 1. The third-order valence-corrected chi connectivity index (χ3v) is 6.34. The van der Waals surface area contributed by atoms with Gasteiger partial charge in [-0.15, -0.1) is 11.3 Å². The summed E-state index contributed by atoms with van der Waals surface area (Å²) in [5.41, 5.74) is 1.91. The van der Waals surface area contributed by atoms with Crippen LogP contribution in [-0.2, 0) is 18.4 Å². The molecular weight excluding hydrogens is 240 g/mol. The molecule has 2 aliphatic rings. The Balaban J connectivity index is 1.92. The lowest BCUT2D eigenvalue weighted by atomic mass is 9.84. The predicted octanol–water partition coefficient (Wildman–Crippen LogP) is 3.65. The largest absolute Gasteiger partial charge is 0.305 e. The van der Waals surface area contributed by atoms with E-state index in [2.05, 4.69) is 26.1 Å². The van der Waals surface area contributed by atoms with Gasteiger partial charge in [-0.1, -0.05) is 13.8 Å². The maximum atomic E-state index is 4.98. The number of fused-ring (bicyclic) bond motifs is 1. The first-order valence-electron chi connectivity index (χ1n) is 7.33. The maximum Gasteiger partial charge on any atom is 0.114 e. The van der Waals surface area contributed by atoms with E-state index in [4.69, 9.17) is 4.98 Å². The summed E-state index contributed by atoms with van der Waals surface area (Å²) in [7, 11) is 0. The normalized spacial score (nSPS) is 23.7. The number of hydrogen-bond donors (Lipinski definition) is 1. The number of nitrogens with zero attached hydrogens (tertiary/aromatic N) is 1. The van der Waals surface area contributed by atoms with Crippen LogP contribution in [0.15, 0.2) is 0 Å². The number of rotatable bonds is 5. The van der Waals surface area contributed by atoms with Gasteiger partial charge in [-0.3, -0.25) is 0 Å². The standard InChI is InChI=1S/C15H24N2S/c1-4-10-16-15(3,14(2)8-9-14)13-17-11-6-5-7-12(11)18-13/h16H,4-10H2,1-3H3. The number of hydrogen-bond acceptors (Lipinski definition) is 3. The quantitative estimate of drug-likeness (QED) is 0.878. The Labute approximate surface area is 114 Å². The molecule has 0 saturated heterocycles. The molecule has 2 nitrogen and oxygen atoms in total. The SMILES string of the molecule is CCCNC(C)(c1nc2c(s1)CCC2)C1(C)CC1. The highest BCUT2D eigenvalue weighted by Gasteiger charge is 2.55. The van der Waals surface area contributed by atoms with Crippen molar-refractivity contribution in [1.82, 2.24) is 10.3 Å². The van der Waals surface area contributed by atoms with E-state index in [-0.39, 0.29) is 5.54 Å². The van der Waals surface area contributed by atoms with E-state index in [0.29, 0.717) is 5.41 Å². The minimum absolute atomic E-state index is 0.0953. The molecule has 1 aromatic rings. The van der Waals surface area contributed by atoms with Crippen molar-refractivity contribution in [2.45, 2.75) is 64.8 Å². The topological polar surface area (TPSA) is 24.9 Å². The highest BCUT2D eigenvalue weighted by molar-refractivity contribution is 7.12. The van der Waals surface area contributed by atoms with Crippen molar-refractivity contribution in [3.8, 4) is 0 Å². The maximum absolute atomic E-state index is 4.98. The molecule has 1 aromatic heterocycles. The molecular formula is C15H24N2S. The highest BCUT2D eigenvalue weighted by atomic mass is 32.1. The Hall–Kier alpha value is -0.410. The molecule has 1 unspecified atom stereocenters. The zero-order valence-corrected chi connectivity index (χ0v) is 12.6. The molecule has 1 saturated carbocycles. The molecule has 0 radical (unpaired) electrons. The highest BCUT2D eigenvalue weighted by Crippen LogP contribution is 2.58. The van der Waals surface area contributed by atoms with Crippen LogP contribution >= 0.6 is 11.3 Å². The Kier molecular flexibility index (Phi) is 3.02. The Morgan fingerprint density at radius 2 is 2.17 bits per heavy atom. The van der Waals surface area contributed by atoms with E-state index < -0.39 is 0 Å². The van der Waals surface area contributed by atoms with Crippen molar-refractivity contribution in [2.24, 2.45) is 5.41 Å². The lowest BCUT2D eigenvalue weighted by Gasteiger charge is -2.35. The molecule has 0 bridgehead atoms. The van der Waals surface area contributed by atoms with E-state index in [9.17, 15) is 0 Å². The second-order valence-electron chi connectivity index (χ2n) is 6.35. The van der Waals surface area contributed by atoms with Gasteiger partial charge in [0.15, 0.2) is 0 Å². The average Bonchev–Trinajstić information content (AvgIpc) is 2.78. The third kappa shape index (κ3) is 1.83. The van der Waals surface area contributed by atoms with Crippen LogP contribution in [0.2, 0.25) is 0 Å². The number of thiazole rings is 1. The fourth-order valence-electron chi connectivity index (χ4n) is 3.01. The van der Waals surface area contributed by atoms with E-state index in [0.717, 1.165) is 6.54 Å². The molecule has 3 rings (SSSR count). The zero-order chi connectivity index (χ0) is 12.8. The van der Waals surface area contributed by atoms with Gasteiger partial charge in [0.05, 0.1) is 11.2 Å². The van der Waals surface area contributed by atoms with Gasteiger partial charge in [0.25, 0.3) is 0 Å². The Bertz CT molecular complexity index is 426. The monoisotopic (exact) mass is 264 g/mol. The molecule has 0 amide bonds. The molecule has 1 atom stereocenters. The molecule has 0 aliphatic heterocycles. The minimum atomic E-state index is 0.0953. The Morgan fingerprint density at radius 1 is 1.39 bits per heavy atom. The van der Waals surface area contributed by atoms with Crippen LogP contribution in [0.1, 0.15) is 62.0 Å². The van der Waals surface area contributed by atoms with E-state index in [1.54, 1.807) is 4.88 Å². The van der Waals surface area contributed by atoms with Gasteiger partial charge in [-0.25, -0.2) is 4.98 Å². The summed E-state index contributed by atoms with van der Waals surface area (Å²) in [5.74, 6) is 0. The van der Waals surface area contributed by atoms with E-state index >= 15 is 0 Å². The van der Waals surface area contributed by atoms with Gasteiger partial charge in [-0.2, -0.15) is 0 Å². The third-order valence-electron chi connectivity index (χ3n) is 4.96. The molecule has 1 heterocycles. The number of nitrogens with one attached hydrogen (secondary N) is 1. The van der Waals surface area contributed by atoms with Crippen LogP contribution in [0.4, 0.5) is 0 Å². The lowest BCUT2D eigenvalue weighted by Crippen LogP contribution is -2.46. The van der Waals surface area contributed by atoms with Crippen LogP contribution in [0.5, 0.6) is 0 Å². The molecule has 0 aromatic carbocycles. The van der Waals surface area contributed by atoms with Crippen LogP contribution in [0.3, 0.4) is 0 Å². The van der Waals surface area contributed by atoms with Crippen molar-refractivity contribution in [1.29, 1.82) is 0 Å². The van der Waals surface area contributed by atoms with Crippen LogP contribution in [0, 0.1) is 5.41 Å². The smallest absolute Gasteiger partial charge is 0.114 e. The van der Waals surface area contributed by atoms with Gasteiger partial charge in [0.2, 0.25) is 0 Å². The summed E-state index contributed by atoms with van der Waals surface area (Å²) >= 11 is 1.97. The molecule has 0 spiro atoms. The van der Waals surface area contributed by atoms with Crippen molar-refractivity contribution in [3.63, 3.8) is 0 Å². The average molecular weight is 264 g/mol. The summed E-state index contributed by atoms with van der Waals surface area (Å²) in [6.07, 6.45) is 7.64. The first kappa shape index (κ1) is 12.6. The first-order valence-corrected chi connectivity index (χ1v) is 8.15. The van der Waals surface area contributed by atoms with Gasteiger partial charge in [0, 0.05) is 4.88 Å². The fourth-order valence-corrected chi connectivity index (χ4v) is 4.44. The minimum Gasteiger partial charge on any atom is -0.305 e. The van der Waals surface area contributed by atoms with Gasteiger partial charge in [0.1, 0.15) is 5.01 Å². The predicted molar refractivity (Wildman–Crippen MR) is 77.1 cm³/mol. The summed E-state index contributed by atoms with van der Waals surface area (Å²) in [6.45, 7) is 8.13. The summed E-state index contributed by atoms with van der Waals surface area (Å²) < 4.78 is 0. The number of aryl methyl sites for hydroxylation is 2. The summed E-state index contributed by atoms with van der Waals surface area (Å²) in [4.78, 5) is 6.53. The van der Waals surface area contributed by atoms with Gasteiger partial charge < -0.3 is 5.32 Å². The second kappa shape index (κ2) is 4.31. The molecule has 18 heavy (non-hydrogen) atoms. The van der Waals surface area contributed by atoms with Crippen molar-refractivity contribution in [3.05, 3.63) is 15.6 Å². The van der Waals surface area contributed by atoms with Crippen molar-refractivity contribution >= 4 is 11.3 Å². The van der Waals surface area contributed by atoms with Crippen LogP contribution in [-0.4, -0.2) is 11.5 Å². The molecule has 100 valence electrons. The fraction of sp³-hybridized carbons (Fsp3) is 0.800. The van der Waals surface area contributed by atoms with Gasteiger partial charge >= 0.3 is 0 Å². The van der Waals surface area contributed by atoms with Crippen LogP contribution in [0.25, 0.3) is 0 Å². The molecule has 3 heteroatoms. The lowest BCUT2D eigenvalue weighted by molar-refractivity contribution is 0.226. The van der Waals surface area contributed by atoms with E-state index in [1.807, 2.05) is 11.3 Å². The van der Waals surface area contributed by atoms with Gasteiger partial charge in [-0.05, 0) is 57.4 Å². The first-order chi connectivity index (χ1) is 8.59.